The van der Waals surface area contributed by atoms with Crippen molar-refractivity contribution in [3.05, 3.63) is 54.2 Å². The minimum atomic E-state index is -0.0771. The molecular weight excluding hydrogens is 420 g/mol. The predicted molar refractivity (Wildman–Crippen MR) is 129 cm³/mol. The Hall–Kier alpha value is -3.13. The second-order valence-electron chi connectivity index (χ2n) is 7.97. The van der Waals surface area contributed by atoms with Gasteiger partial charge in [-0.2, -0.15) is 5.10 Å². The number of benzene rings is 2. The molecule has 0 aliphatic carbocycles. The van der Waals surface area contributed by atoms with Crippen LogP contribution in [0.3, 0.4) is 0 Å². The summed E-state index contributed by atoms with van der Waals surface area (Å²) in [5.41, 5.74) is 1.51. The minimum absolute atomic E-state index is 0.0771. The van der Waals surface area contributed by atoms with Gasteiger partial charge in [-0.05, 0) is 42.4 Å². The van der Waals surface area contributed by atoms with Gasteiger partial charge in [0.25, 0.3) is 5.91 Å². The van der Waals surface area contributed by atoms with E-state index in [1.807, 2.05) is 59.6 Å². The number of fused-ring (bicyclic) bond motifs is 2. The molecule has 1 aliphatic rings. The summed E-state index contributed by atoms with van der Waals surface area (Å²) in [4.78, 5) is 24.7. The zero-order valence-corrected chi connectivity index (χ0v) is 18.9. The normalized spacial score (nSPS) is 14.2. The van der Waals surface area contributed by atoms with Crippen LogP contribution in [0.1, 0.15) is 29.6 Å². The Labute approximate surface area is 191 Å². The summed E-state index contributed by atoms with van der Waals surface area (Å²) in [7, 11) is 0. The maximum absolute atomic E-state index is 12.8. The van der Waals surface area contributed by atoms with Crippen LogP contribution in [0.4, 0.5) is 5.82 Å². The van der Waals surface area contributed by atoms with E-state index in [0.717, 1.165) is 45.9 Å². The number of anilines is 1. The van der Waals surface area contributed by atoms with Crippen molar-refractivity contribution in [2.45, 2.75) is 31.0 Å². The summed E-state index contributed by atoms with van der Waals surface area (Å²) in [6.07, 6.45) is 7.50. The summed E-state index contributed by atoms with van der Waals surface area (Å²) < 4.78 is 1.87. The second kappa shape index (κ2) is 9.16. The molecular formula is C24H26N6OS. The van der Waals surface area contributed by atoms with Crippen molar-refractivity contribution in [1.29, 1.82) is 0 Å². The number of nitrogens with zero attached hydrogens (tertiary/aromatic N) is 5. The lowest BCUT2D eigenvalue weighted by Gasteiger charge is -2.28. The zero-order valence-electron chi connectivity index (χ0n) is 18.1. The number of hydrogen-bond donors (Lipinski definition) is 1. The van der Waals surface area contributed by atoms with Crippen LogP contribution in [0.15, 0.2) is 53.8 Å². The van der Waals surface area contributed by atoms with Crippen molar-refractivity contribution in [1.82, 2.24) is 25.1 Å². The van der Waals surface area contributed by atoms with E-state index in [-0.39, 0.29) is 5.91 Å². The average molecular weight is 447 g/mol. The zero-order chi connectivity index (χ0) is 21.9. The second-order valence-corrected chi connectivity index (χ2v) is 8.74. The standard InChI is InChI=1S/C24H26N6OS/c1-32-24-27-21(29-13-5-2-6-14-29)20-16-26-30(22(20)28-24)15-12-25-23(31)19-11-7-9-17-8-3-4-10-18(17)19/h3-4,7-11,16H,2,5-6,12-15H2,1H3,(H,25,31). The monoisotopic (exact) mass is 446 g/mol. The van der Waals surface area contributed by atoms with Crippen molar-refractivity contribution in [2.75, 3.05) is 30.8 Å². The van der Waals surface area contributed by atoms with E-state index in [9.17, 15) is 4.79 Å². The Morgan fingerprint density at radius 2 is 1.84 bits per heavy atom. The molecule has 4 aromatic rings. The Bertz CT molecular complexity index is 1260. The van der Waals surface area contributed by atoms with Crippen LogP contribution in [-0.2, 0) is 6.54 Å². The van der Waals surface area contributed by atoms with Crippen molar-refractivity contribution in [3.8, 4) is 0 Å². The fourth-order valence-electron chi connectivity index (χ4n) is 4.32. The highest BCUT2D eigenvalue weighted by molar-refractivity contribution is 7.98. The molecule has 0 bridgehead atoms. The van der Waals surface area contributed by atoms with Crippen molar-refractivity contribution in [2.24, 2.45) is 0 Å². The van der Waals surface area contributed by atoms with Crippen LogP contribution in [-0.4, -0.2) is 51.5 Å². The highest BCUT2D eigenvalue weighted by Crippen LogP contribution is 2.28. The van der Waals surface area contributed by atoms with E-state index in [1.54, 1.807) is 11.8 Å². The first-order chi connectivity index (χ1) is 15.7. The first-order valence-corrected chi connectivity index (χ1v) is 12.3. The molecule has 1 N–H and O–H groups in total. The van der Waals surface area contributed by atoms with E-state index in [2.05, 4.69) is 15.3 Å². The van der Waals surface area contributed by atoms with Crippen LogP contribution >= 0.6 is 11.8 Å². The van der Waals surface area contributed by atoms with Crippen molar-refractivity contribution in [3.63, 3.8) is 0 Å². The van der Waals surface area contributed by atoms with Crippen molar-refractivity contribution < 1.29 is 4.79 Å². The average Bonchev–Trinajstić information content (AvgIpc) is 3.26. The first kappa shape index (κ1) is 20.8. The van der Waals surface area contributed by atoms with Crippen LogP contribution in [0, 0.1) is 0 Å². The Morgan fingerprint density at radius 3 is 2.69 bits per heavy atom. The van der Waals surface area contributed by atoms with E-state index in [1.165, 1.54) is 19.3 Å². The lowest BCUT2D eigenvalue weighted by molar-refractivity contribution is 0.0953. The van der Waals surface area contributed by atoms with E-state index < -0.39 is 0 Å². The minimum Gasteiger partial charge on any atom is -0.356 e. The molecule has 2 aromatic carbocycles. The maximum Gasteiger partial charge on any atom is 0.251 e. The molecule has 0 unspecified atom stereocenters. The highest BCUT2D eigenvalue weighted by Gasteiger charge is 2.19. The molecule has 8 heteroatoms. The molecule has 164 valence electrons. The topological polar surface area (TPSA) is 75.9 Å². The van der Waals surface area contributed by atoms with Gasteiger partial charge in [-0.1, -0.05) is 48.2 Å². The third-order valence-electron chi connectivity index (χ3n) is 5.94. The number of amides is 1. The molecule has 3 heterocycles. The Kier molecular flexibility index (Phi) is 5.94. The fraction of sp³-hybridized carbons (Fsp3) is 0.333. The van der Waals surface area contributed by atoms with Gasteiger partial charge in [-0.25, -0.2) is 14.6 Å². The number of carbonyl (C=O) groups is 1. The Morgan fingerprint density at radius 1 is 1.03 bits per heavy atom. The number of aromatic nitrogens is 4. The summed E-state index contributed by atoms with van der Waals surface area (Å²) in [5, 5.41) is 11.4. The van der Waals surface area contributed by atoms with E-state index in [4.69, 9.17) is 9.97 Å². The smallest absolute Gasteiger partial charge is 0.251 e. The van der Waals surface area contributed by atoms with Gasteiger partial charge in [0.2, 0.25) is 0 Å². The molecule has 0 saturated carbocycles. The SMILES string of the molecule is CSc1nc(N2CCCCC2)c2cnn(CCNC(=O)c3cccc4ccccc34)c2n1. The molecule has 0 atom stereocenters. The summed E-state index contributed by atoms with van der Waals surface area (Å²) in [5.74, 6) is 0.900. The summed E-state index contributed by atoms with van der Waals surface area (Å²) in [6.45, 7) is 3.05. The Balaban J connectivity index is 1.35. The number of piperidine rings is 1. The fourth-order valence-corrected chi connectivity index (χ4v) is 4.67. The maximum atomic E-state index is 12.8. The molecule has 1 saturated heterocycles. The summed E-state index contributed by atoms with van der Waals surface area (Å²) in [6, 6.07) is 13.7. The molecule has 2 aromatic heterocycles. The van der Waals surface area contributed by atoms with Crippen LogP contribution in [0.25, 0.3) is 21.8 Å². The van der Waals surface area contributed by atoms with Gasteiger partial charge >= 0.3 is 0 Å². The predicted octanol–water partition coefficient (Wildman–Crippen LogP) is 4.12. The number of carbonyl (C=O) groups excluding carboxylic acids is 1. The quantitative estimate of drug-likeness (QED) is 0.355. The lowest BCUT2D eigenvalue weighted by Crippen LogP contribution is -2.30. The van der Waals surface area contributed by atoms with E-state index >= 15 is 0 Å². The number of thioether (sulfide) groups is 1. The van der Waals surface area contributed by atoms with Gasteiger partial charge < -0.3 is 10.2 Å². The third kappa shape index (κ3) is 4.02. The molecule has 5 rings (SSSR count). The molecule has 1 fully saturated rings. The molecule has 1 amide bonds. The van der Waals surface area contributed by atoms with Gasteiger partial charge in [0.15, 0.2) is 10.8 Å². The third-order valence-corrected chi connectivity index (χ3v) is 6.48. The van der Waals surface area contributed by atoms with Crippen LogP contribution in [0.2, 0.25) is 0 Å². The van der Waals surface area contributed by atoms with Gasteiger partial charge in [-0.15, -0.1) is 0 Å². The van der Waals surface area contributed by atoms with E-state index in [0.29, 0.717) is 18.7 Å². The molecule has 0 spiro atoms. The van der Waals surface area contributed by atoms with Crippen molar-refractivity contribution >= 4 is 45.3 Å². The molecule has 1 aliphatic heterocycles. The molecule has 0 radical (unpaired) electrons. The van der Waals surface area contributed by atoms with Gasteiger partial charge in [0.1, 0.15) is 5.82 Å². The van der Waals surface area contributed by atoms with Crippen LogP contribution < -0.4 is 10.2 Å². The van der Waals surface area contributed by atoms with Gasteiger partial charge in [-0.3, -0.25) is 4.79 Å². The van der Waals surface area contributed by atoms with Gasteiger partial charge in [0, 0.05) is 25.2 Å². The van der Waals surface area contributed by atoms with Crippen LogP contribution in [0.5, 0.6) is 0 Å². The number of nitrogens with one attached hydrogen (secondary N) is 1. The number of rotatable bonds is 6. The number of hydrogen-bond acceptors (Lipinski definition) is 6. The van der Waals surface area contributed by atoms with Gasteiger partial charge in [0.05, 0.1) is 18.1 Å². The molecule has 32 heavy (non-hydrogen) atoms. The highest BCUT2D eigenvalue weighted by atomic mass is 32.2. The molecule has 7 nitrogen and oxygen atoms in total. The lowest BCUT2D eigenvalue weighted by atomic mass is 10.0. The summed E-state index contributed by atoms with van der Waals surface area (Å²) >= 11 is 1.54. The first-order valence-electron chi connectivity index (χ1n) is 11.0. The largest absolute Gasteiger partial charge is 0.356 e.